The number of nitro groups is 2. The molecule has 0 aliphatic rings. The van der Waals surface area contributed by atoms with Crippen LogP contribution in [0, 0.1) is 20.2 Å². The van der Waals surface area contributed by atoms with Crippen molar-refractivity contribution in [1.82, 2.24) is 4.31 Å². The zero-order valence-electron chi connectivity index (χ0n) is 23.9. The van der Waals surface area contributed by atoms with E-state index in [4.69, 9.17) is 16.3 Å². The summed E-state index contributed by atoms with van der Waals surface area (Å²) >= 11 is 6.06. The van der Waals surface area contributed by atoms with Gasteiger partial charge in [-0.25, -0.2) is 29.6 Å². The molecule has 0 heterocycles. The monoisotopic (exact) mass is 723 g/mol. The summed E-state index contributed by atoms with van der Waals surface area (Å²) in [5.74, 6) is -1.04. The van der Waals surface area contributed by atoms with Gasteiger partial charge in [-0.05, 0) is 66.6 Å². The van der Waals surface area contributed by atoms with Crippen molar-refractivity contribution in [1.29, 1.82) is 0 Å². The van der Waals surface area contributed by atoms with Crippen LogP contribution in [-0.2, 0) is 34.2 Å². The lowest BCUT2D eigenvalue weighted by atomic mass is 10.1. The van der Waals surface area contributed by atoms with Crippen LogP contribution < -0.4 is 4.74 Å². The van der Waals surface area contributed by atoms with E-state index in [1.165, 1.54) is 37.4 Å². The molecule has 1 amide bonds. The summed E-state index contributed by atoms with van der Waals surface area (Å²) < 4.78 is 85.0. The molecule has 0 spiro atoms. The number of carbonyl (C=O) groups excluding carboxylic acids is 1. The molecule has 0 aliphatic carbocycles. The van der Waals surface area contributed by atoms with Crippen LogP contribution in [0.1, 0.15) is 15.9 Å². The predicted molar refractivity (Wildman–Crippen MR) is 167 cm³/mol. The molecule has 0 aromatic heterocycles. The fourth-order valence-electron chi connectivity index (χ4n) is 4.22. The maximum Gasteiger partial charge on any atom is 0.286 e. The zero-order chi connectivity index (χ0) is 34.7. The topological polar surface area (TPSA) is 218 Å². The van der Waals surface area contributed by atoms with Crippen LogP contribution in [0.3, 0.4) is 0 Å². The minimum absolute atomic E-state index is 0.00656. The molecule has 4 rings (SSSR count). The van der Waals surface area contributed by atoms with Gasteiger partial charge in [0.2, 0.25) is 0 Å². The molecule has 0 fully saturated rings. The summed E-state index contributed by atoms with van der Waals surface area (Å²) in [4.78, 5) is 32.4. The highest BCUT2D eigenvalue weighted by Crippen LogP contribution is 2.29. The number of halogens is 1. The Hall–Kier alpha value is -4.91. The molecule has 4 aromatic rings. The quantitative estimate of drug-likeness (QED) is 0.113. The first kappa shape index (κ1) is 35.0. The van der Waals surface area contributed by atoms with Crippen molar-refractivity contribution >= 4 is 56.6 Å². The second-order valence-corrected chi connectivity index (χ2v) is 17.2. The largest absolute Gasteiger partial charge is 0.496 e. The number of nitrogens with zero attached hydrogens (tertiary/aromatic N) is 3. The molecule has 0 radical (unpaired) electrons. The Morgan fingerprint density at radius 2 is 1.17 bits per heavy atom. The highest BCUT2D eigenvalue weighted by atomic mass is 35.5. The second kappa shape index (κ2) is 13.4. The van der Waals surface area contributed by atoms with E-state index in [9.17, 15) is 50.3 Å². The fraction of sp³-hybridized carbons (Fsp3) is 0.107. The molecule has 0 unspecified atom stereocenters. The zero-order valence-corrected chi connectivity index (χ0v) is 27.1. The lowest BCUT2D eigenvalue weighted by molar-refractivity contribution is -0.385. The van der Waals surface area contributed by atoms with Gasteiger partial charge in [0.15, 0.2) is 0 Å². The maximum absolute atomic E-state index is 13.7. The summed E-state index contributed by atoms with van der Waals surface area (Å²) in [7, 11) is -13.5. The van der Waals surface area contributed by atoms with Gasteiger partial charge in [0.05, 0.1) is 37.2 Å². The van der Waals surface area contributed by atoms with Crippen molar-refractivity contribution in [3.8, 4) is 5.75 Å². The Labute approximate surface area is 272 Å². The van der Waals surface area contributed by atoms with Crippen molar-refractivity contribution in [2.75, 3.05) is 13.7 Å². The van der Waals surface area contributed by atoms with Crippen LogP contribution >= 0.6 is 11.6 Å². The number of non-ortho nitro benzene ring substituents is 2. The van der Waals surface area contributed by atoms with Gasteiger partial charge in [-0.15, -0.1) is 0 Å². The first-order valence-corrected chi connectivity index (χ1v) is 18.3. The van der Waals surface area contributed by atoms with Crippen molar-refractivity contribution in [2.24, 2.45) is 0 Å². The highest BCUT2D eigenvalue weighted by Gasteiger charge is 2.35. The predicted octanol–water partition coefficient (Wildman–Crippen LogP) is 4.40. The Balaban J connectivity index is 1.66. The molecule has 4 aromatic carbocycles. The molecule has 47 heavy (non-hydrogen) atoms. The van der Waals surface area contributed by atoms with E-state index in [-0.39, 0.29) is 28.4 Å². The van der Waals surface area contributed by atoms with E-state index >= 15 is 0 Å². The van der Waals surface area contributed by atoms with E-state index in [1.54, 1.807) is 0 Å². The molecule has 0 atom stereocenters. The maximum atomic E-state index is 13.7. The van der Waals surface area contributed by atoms with E-state index in [0.29, 0.717) is 9.87 Å². The molecule has 0 N–H and O–H groups in total. The normalized spacial score (nSPS) is 11.9. The van der Waals surface area contributed by atoms with Gasteiger partial charge >= 0.3 is 0 Å². The van der Waals surface area contributed by atoms with Gasteiger partial charge in [-0.1, -0.05) is 23.7 Å². The third-order valence-corrected chi connectivity index (χ3v) is 13.9. The molecule has 15 nitrogen and oxygen atoms in total. The summed E-state index contributed by atoms with van der Waals surface area (Å²) in [6.45, 7) is -0.513. The number of ether oxygens (including phenoxy) is 1. The van der Waals surface area contributed by atoms with Crippen LogP contribution in [0.15, 0.2) is 106 Å². The summed E-state index contributed by atoms with van der Waals surface area (Å²) in [6, 6.07) is 15.5. The number of amides is 1. The molecule has 19 heteroatoms. The third kappa shape index (κ3) is 7.09. The number of hydrogen-bond acceptors (Lipinski definition) is 12. The van der Waals surface area contributed by atoms with Crippen LogP contribution in [0.2, 0.25) is 5.02 Å². The van der Waals surface area contributed by atoms with Crippen molar-refractivity contribution in [3.05, 3.63) is 127 Å². The number of methoxy groups -OCH3 is 1. The van der Waals surface area contributed by atoms with E-state index in [2.05, 4.69) is 0 Å². The summed E-state index contributed by atoms with van der Waals surface area (Å²) in [5.41, 5.74) is -0.735. The number of carbonyl (C=O) groups is 1. The Morgan fingerprint density at radius 3 is 1.62 bits per heavy atom. The summed E-state index contributed by atoms with van der Waals surface area (Å²) in [6.07, 6.45) is -0.184. The third-order valence-electron chi connectivity index (χ3n) is 6.69. The van der Waals surface area contributed by atoms with Gasteiger partial charge < -0.3 is 4.74 Å². The fourth-order valence-corrected chi connectivity index (χ4v) is 9.41. The molecule has 0 saturated heterocycles. The number of sulfonamides is 1. The standard InChI is InChI=1S/C28H22ClN3O12S3/c1-44-27-15-4-20(29)18-26(27)28(33)30(45(38,39)23-11-5-21(6-12-23)31(34)35)17-16-19-2-9-24(10-3-19)46(40,41)47(42,43)25-13-7-22(8-14-25)32(36)37/h2-15,18H,16-17H2,1H3. The van der Waals surface area contributed by atoms with Crippen LogP contribution in [0.5, 0.6) is 5.75 Å². The first-order chi connectivity index (χ1) is 22.0. The molecular formula is C28H22ClN3O12S3. The van der Waals surface area contributed by atoms with Crippen molar-refractivity contribution < 1.29 is 44.6 Å². The van der Waals surface area contributed by atoms with Gasteiger partial charge in [-0.3, -0.25) is 25.0 Å². The number of nitro benzene ring substituents is 2. The average Bonchev–Trinajstić information content (AvgIpc) is 3.04. The molecule has 0 saturated carbocycles. The average molecular weight is 724 g/mol. The number of hydrogen-bond donors (Lipinski definition) is 0. The number of benzene rings is 4. The van der Waals surface area contributed by atoms with Crippen LogP contribution in [0.4, 0.5) is 11.4 Å². The summed E-state index contributed by atoms with van der Waals surface area (Å²) in [5, 5.41) is 22.0. The van der Waals surface area contributed by atoms with Crippen LogP contribution in [-0.4, -0.2) is 59.0 Å². The van der Waals surface area contributed by atoms with E-state index < -0.39 is 70.4 Å². The lowest BCUT2D eigenvalue weighted by Crippen LogP contribution is -2.38. The minimum atomic E-state index is -5.04. The number of rotatable bonds is 12. The highest BCUT2D eigenvalue weighted by molar-refractivity contribution is 8.67. The van der Waals surface area contributed by atoms with Crippen molar-refractivity contribution in [3.63, 3.8) is 0 Å². The molecule has 246 valence electrons. The van der Waals surface area contributed by atoms with E-state index in [0.717, 1.165) is 60.7 Å². The van der Waals surface area contributed by atoms with Crippen molar-refractivity contribution in [2.45, 2.75) is 21.1 Å². The van der Waals surface area contributed by atoms with Gasteiger partial charge in [0.25, 0.3) is 45.0 Å². The molecular weight excluding hydrogens is 702 g/mol. The second-order valence-electron chi connectivity index (χ2n) is 9.53. The minimum Gasteiger partial charge on any atom is -0.496 e. The SMILES string of the molecule is COc1ccc(Cl)cc1C(=O)N(CCc1ccc(S(=O)(=O)S(=O)(=O)c2ccc([N+](=O)[O-])cc2)cc1)S(=O)(=O)c1ccc([N+](=O)[O-])cc1. The molecule has 0 aliphatic heterocycles. The Morgan fingerprint density at radius 1 is 0.723 bits per heavy atom. The van der Waals surface area contributed by atoms with Gasteiger partial charge in [-0.2, -0.15) is 0 Å². The van der Waals surface area contributed by atoms with Gasteiger partial charge in [0.1, 0.15) is 5.75 Å². The Bertz CT molecular complexity index is 2190. The van der Waals surface area contributed by atoms with Gasteiger partial charge in [0, 0.05) is 35.8 Å². The molecule has 0 bridgehead atoms. The van der Waals surface area contributed by atoms with Crippen LogP contribution in [0.25, 0.3) is 0 Å². The Kier molecular flexibility index (Phi) is 10.00. The lowest BCUT2D eigenvalue weighted by Gasteiger charge is -2.23. The van der Waals surface area contributed by atoms with E-state index in [1.807, 2.05) is 0 Å². The smallest absolute Gasteiger partial charge is 0.286 e. The first-order valence-electron chi connectivity index (χ1n) is 13.0.